The smallest absolute Gasteiger partial charge is 0.326 e. The molecule has 0 aliphatic rings. The van der Waals surface area contributed by atoms with Crippen molar-refractivity contribution in [2.24, 2.45) is 7.05 Å². The molecule has 1 N–H and O–H groups in total. The number of carboxylic acids is 1. The predicted molar refractivity (Wildman–Crippen MR) is 90.7 cm³/mol. The van der Waals surface area contributed by atoms with Crippen LogP contribution in [0.3, 0.4) is 0 Å². The fourth-order valence-corrected chi connectivity index (χ4v) is 2.42. The molecule has 2 aromatic rings. The second-order valence-electron chi connectivity index (χ2n) is 6.17. The number of aromatic nitrogens is 2. The van der Waals surface area contributed by atoms with Crippen molar-refractivity contribution in [2.45, 2.75) is 39.3 Å². The van der Waals surface area contributed by atoms with Crippen LogP contribution in [0, 0.1) is 0 Å². The molecule has 6 nitrogen and oxygen atoms in total. The fraction of sp³-hybridized carbons (Fsp3) is 0.389. The molecule has 1 atom stereocenters. The lowest BCUT2D eigenvalue weighted by atomic mass is 10.1. The minimum absolute atomic E-state index is 0.192. The Hall–Kier alpha value is -2.63. The molecule has 0 radical (unpaired) electrons. The number of amides is 1. The second-order valence-corrected chi connectivity index (χ2v) is 6.17. The lowest BCUT2D eigenvalue weighted by molar-refractivity contribution is -0.141. The number of aliphatic carboxylic acids is 1. The summed E-state index contributed by atoms with van der Waals surface area (Å²) in [4.78, 5) is 25.8. The number of nitrogens with zero attached hydrogens (tertiary/aromatic N) is 3. The van der Waals surface area contributed by atoms with E-state index >= 15 is 0 Å². The van der Waals surface area contributed by atoms with Gasteiger partial charge in [-0.1, -0.05) is 44.2 Å². The van der Waals surface area contributed by atoms with Crippen molar-refractivity contribution < 1.29 is 14.7 Å². The van der Waals surface area contributed by atoms with Crippen LogP contribution in [0.5, 0.6) is 0 Å². The molecule has 0 aliphatic heterocycles. The molecule has 0 saturated heterocycles. The number of rotatable bonds is 6. The Balaban J connectivity index is 2.35. The molecular weight excluding hydrogens is 306 g/mol. The van der Waals surface area contributed by atoms with E-state index in [-0.39, 0.29) is 18.4 Å². The third-order valence-electron chi connectivity index (χ3n) is 3.99. The summed E-state index contributed by atoms with van der Waals surface area (Å²) in [6.45, 7) is 5.74. The van der Waals surface area contributed by atoms with Crippen LogP contribution in [0.4, 0.5) is 0 Å². The number of hydrogen-bond acceptors (Lipinski definition) is 3. The molecular formula is C18H23N3O3. The Morgan fingerprint density at radius 3 is 2.33 bits per heavy atom. The molecule has 1 amide bonds. The van der Waals surface area contributed by atoms with Crippen LogP contribution in [0.25, 0.3) is 0 Å². The molecule has 24 heavy (non-hydrogen) atoms. The van der Waals surface area contributed by atoms with Crippen molar-refractivity contribution in [2.75, 3.05) is 0 Å². The number of benzene rings is 1. The van der Waals surface area contributed by atoms with E-state index in [1.54, 1.807) is 13.1 Å². The van der Waals surface area contributed by atoms with Gasteiger partial charge in [0.05, 0.1) is 5.69 Å². The number of carboxylic acid groups (broad SMARTS) is 1. The van der Waals surface area contributed by atoms with Gasteiger partial charge in [0.15, 0.2) is 0 Å². The van der Waals surface area contributed by atoms with Crippen LogP contribution < -0.4 is 0 Å². The van der Waals surface area contributed by atoms with E-state index < -0.39 is 12.0 Å². The highest BCUT2D eigenvalue weighted by Gasteiger charge is 2.29. The van der Waals surface area contributed by atoms with E-state index in [1.165, 1.54) is 16.5 Å². The summed E-state index contributed by atoms with van der Waals surface area (Å²) >= 11 is 0. The molecule has 0 bridgehead atoms. The van der Waals surface area contributed by atoms with Gasteiger partial charge >= 0.3 is 5.97 Å². The number of carbonyl (C=O) groups is 2. The van der Waals surface area contributed by atoms with Gasteiger partial charge in [0, 0.05) is 13.6 Å². The molecule has 0 fully saturated rings. The number of carbonyl (C=O) groups excluding carboxylic acids is 1. The molecule has 6 heteroatoms. The van der Waals surface area contributed by atoms with Crippen molar-refractivity contribution in [3.8, 4) is 0 Å². The van der Waals surface area contributed by atoms with E-state index in [0.717, 1.165) is 11.3 Å². The summed E-state index contributed by atoms with van der Waals surface area (Å²) in [6.07, 6.45) is 0. The van der Waals surface area contributed by atoms with Crippen LogP contribution in [-0.2, 0) is 18.4 Å². The Bertz CT molecular complexity index is 722. The summed E-state index contributed by atoms with van der Waals surface area (Å²) < 4.78 is 1.52. The molecule has 0 aliphatic carbocycles. The normalized spacial score (nSPS) is 12.2. The lowest BCUT2D eigenvalue weighted by Crippen LogP contribution is -2.43. The van der Waals surface area contributed by atoms with Crippen molar-refractivity contribution in [1.82, 2.24) is 14.7 Å². The van der Waals surface area contributed by atoms with Crippen molar-refractivity contribution in [1.29, 1.82) is 0 Å². The van der Waals surface area contributed by atoms with E-state index in [1.807, 2.05) is 44.2 Å². The number of aryl methyl sites for hydroxylation is 1. The average molecular weight is 329 g/mol. The summed E-state index contributed by atoms with van der Waals surface area (Å²) in [5.41, 5.74) is 2.08. The van der Waals surface area contributed by atoms with Gasteiger partial charge in [-0.15, -0.1) is 0 Å². The van der Waals surface area contributed by atoms with Gasteiger partial charge in [-0.05, 0) is 24.5 Å². The van der Waals surface area contributed by atoms with Crippen LogP contribution in [0.15, 0.2) is 36.4 Å². The third kappa shape index (κ3) is 3.82. The van der Waals surface area contributed by atoms with Crippen molar-refractivity contribution in [3.05, 3.63) is 53.3 Å². The summed E-state index contributed by atoms with van der Waals surface area (Å²) in [7, 11) is 1.70. The summed E-state index contributed by atoms with van der Waals surface area (Å²) in [6, 6.07) is 10.2. The molecule has 1 unspecified atom stereocenters. The Morgan fingerprint density at radius 1 is 1.21 bits per heavy atom. The maximum absolute atomic E-state index is 13.0. The van der Waals surface area contributed by atoms with Gasteiger partial charge in [0.25, 0.3) is 5.91 Å². The highest BCUT2D eigenvalue weighted by Crippen LogP contribution is 2.18. The van der Waals surface area contributed by atoms with E-state index in [4.69, 9.17) is 0 Å². The van der Waals surface area contributed by atoms with Crippen molar-refractivity contribution >= 4 is 11.9 Å². The summed E-state index contributed by atoms with van der Waals surface area (Å²) in [5.74, 6) is -1.18. The second kappa shape index (κ2) is 7.29. The van der Waals surface area contributed by atoms with Gasteiger partial charge in [-0.25, -0.2) is 4.79 Å². The first-order valence-corrected chi connectivity index (χ1v) is 7.93. The zero-order valence-corrected chi connectivity index (χ0v) is 14.4. The summed E-state index contributed by atoms with van der Waals surface area (Å²) in [5, 5.41) is 13.7. The molecule has 128 valence electrons. The molecule has 1 heterocycles. The Labute approximate surface area is 141 Å². The fourth-order valence-electron chi connectivity index (χ4n) is 2.42. The Kier molecular flexibility index (Phi) is 5.39. The lowest BCUT2D eigenvalue weighted by Gasteiger charge is -2.26. The highest BCUT2D eigenvalue weighted by molar-refractivity contribution is 5.95. The van der Waals surface area contributed by atoms with Crippen LogP contribution in [0.2, 0.25) is 0 Å². The first-order chi connectivity index (χ1) is 11.3. The zero-order chi connectivity index (χ0) is 17.9. The first-order valence-electron chi connectivity index (χ1n) is 7.93. The molecule has 2 rings (SSSR count). The van der Waals surface area contributed by atoms with E-state index in [2.05, 4.69) is 5.10 Å². The average Bonchev–Trinajstić information content (AvgIpc) is 2.94. The molecule has 0 saturated carbocycles. The SMILES string of the molecule is CC(C)c1cc(C(=O)N(Cc2ccccc2)C(C)C(=O)O)n(C)n1. The maximum atomic E-state index is 13.0. The minimum atomic E-state index is -1.04. The van der Waals surface area contributed by atoms with Gasteiger partial charge < -0.3 is 10.0 Å². The Morgan fingerprint density at radius 2 is 1.83 bits per heavy atom. The van der Waals surface area contributed by atoms with Crippen molar-refractivity contribution in [3.63, 3.8) is 0 Å². The first kappa shape index (κ1) is 17.7. The van der Waals surface area contributed by atoms with Gasteiger partial charge in [0.1, 0.15) is 11.7 Å². The standard InChI is InChI=1S/C18H23N3O3/c1-12(2)15-10-16(20(4)19-15)17(22)21(13(3)18(23)24)11-14-8-6-5-7-9-14/h5-10,12-13H,11H2,1-4H3,(H,23,24). The van der Waals surface area contributed by atoms with E-state index in [9.17, 15) is 14.7 Å². The van der Waals surface area contributed by atoms with Gasteiger partial charge in [-0.2, -0.15) is 5.10 Å². The zero-order valence-electron chi connectivity index (χ0n) is 14.4. The quantitative estimate of drug-likeness (QED) is 0.884. The molecule has 1 aromatic heterocycles. The van der Waals surface area contributed by atoms with Crippen LogP contribution in [0.1, 0.15) is 48.4 Å². The monoisotopic (exact) mass is 329 g/mol. The molecule has 0 spiro atoms. The topological polar surface area (TPSA) is 75.4 Å². The third-order valence-corrected chi connectivity index (χ3v) is 3.99. The van der Waals surface area contributed by atoms with Crippen LogP contribution >= 0.6 is 0 Å². The maximum Gasteiger partial charge on any atom is 0.326 e. The van der Waals surface area contributed by atoms with E-state index in [0.29, 0.717) is 5.69 Å². The molecule has 1 aromatic carbocycles. The highest BCUT2D eigenvalue weighted by atomic mass is 16.4. The predicted octanol–water partition coefficient (Wildman–Crippen LogP) is 2.66. The van der Waals surface area contributed by atoms with Gasteiger partial charge in [0.2, 0.25) is 0 Å². The number of hydrogen-bond donors (Lipinski definition) is 1. The minimum Gasteiger partial charge on any atom is -0.480 e. The van der Waals surface area contributed by atoms with Gasteiger partial charge in [-0.3, -0.25) is 9.48 Å². The van der Waals surface area contributed by atoms with Crippen LogP contribution in [-0.4, -0.2) is 37.7 Å². The largest absolute Gasteiger partial charge is 0.480 e.